The van der Waals surface area contributed by atoms with Crippen molar-refractivity contribution in [3.05, 3.63) is 24.0 Å². The van der Waals surface area contributed by atoms with Gasteiger partial charge in [0.05, 0.1) is 28.9 Å². The molecule has 11 heteroatoms. The first-order valence-corrected chi connectivity index (χ1v) is 11.8. The fraction of sp³-hybridized carbons (Fsp3) is 0.600. The number of amides is 1. The molecule has 2 aromatic heterocycles. The number of hydrogen-bond acceptors (Lipinski definition) is 4. The zero-order chi connectivity index (χ0) is 22.3. The molecule has 0 saturated heterocycles. The maximum Gasteiger partial charge on any atom is 0.406 e. The molecule has 0 radical (unpaired) electrons. The number of fused-ring (bicyclic) bond motifs is 3. The molecular formula is C20H26F3N5O2S. The summed E-state index contributed by atoms with van der Waals surface area (Å²) in [6, 6.07) is 1.84. The van der Waals surface area contributed by atoms with Crippen LogP contribution in [-0.4, -0.2) is 74.6 Å². The molecule has 1 aliphatic carbocycles. The Morgan fingerprint density at radius 3 is 2.65 bits per heavy atom. The Morgan fingerprint density at radius 1 is 1.29 bits per heavy atom. The van der Waals surface area contributed by atoms with E-state index in [1.54, 1.807) is 12.5 Å². The Bertz CT molecular complexity index is 987. The van der Waals surface area contributed by atoms with Gasteiger partial charge in [-0.1, -0.05) is 0 Å². The van der Waals surface area contributed by atoms with E-state index in [0.717, 1.165) is 42.5 Å². The molecular weight excluding hydrogens is 431 g/mol. The molecule has 7 nitrogen and oxygen atoms in total. The number of alkyl halides is 3. The van der Waals surface area contributed by atoms with E-state index < -0.39 is 29.6 Å². The number of anilines is 1. The predicted octanol–water partition coefficient (Wildman–Crippen LogP) is 3.13. The first-order valence-electron chi connectivity index (χ1n) is 10.3. The van der Waals surface area contributed by atoms with E-state index in [1.807, 2.05) is 22.3 Å². The molecule has 2 aromatic rings. The minimum absolute atomic E-state index is 0.0248. The lowest BCUT2D eigenvalue weighted by Crippen LogP contribution is -2.54. The number of hydrogen-bond donors (Lipinski definition) is 1. The number of carbonyl (C=O) groups is 1. The summed E-state index contributed by atoms with van der Waals surface area (Å²) in [6.07, 6.45) is 3.68. The summed E-state index contributed by atoms with van der Waals surface area (Å²) in [7, 11) is 0.810. The maximum atomic E-state index is 13.1. The van der Waals surface area contributed by atoms with Crippen LogP contribution in [0.3, 0.4) is 0 Å². The Labute approximate surface area is 181 Å². The highest BCUT2D eigenvalue weighted by molar-refractivity contribution is 7.81. The number of halogens is 3. The van der Waals surface area contributed by atoms with Crippen LogP contribution in [0.1, 0.15) is 36.0 Å². The highest BCUT2D eigenvalue weighted by Gasteiger charge is 2.41. The second-order valence-corrected chi connectivity index (χ2v) is 9.87. The number of H-pyrrole nitrogens is 1. The van der Waals surface area contributed by atoms with Crippen molar-refractivity contribution >= 4 is 33.6 Å². The van der Waals surface area contributed by atoms with Gasteiger partial charge in [-0.05, 0) is 44.7 Å². The number of pyridine rings is 1. The van der Waals surface area contributed by atoms with Crippen molar-refractivity contribution < 1.29 is 22.2 Å². The van der Waals surface area contributed by atoms with Gasteiger partial charge in [0.25, 0.3) is 5.91 Å². The van der Waals surface area contributed by atoms with Crippen LogP contribution in [0.25, 0.3) is 11.0 Å². The molecule has 1 N–H and O–H groups in total. The van der Waals surface area contributed by atoms with Gasteiger partial charge in [0.2, 0.25) is 0 Å². The van der Waals surface area contributed by atoms with E-state index in [4.69, 9.17) is 0 Å². The lowest BCUT2D eigenvalue weighted by molar-refractivity contribution is -0.141. The number of nitrogens with zero attached hydrogens (tertiary/aromatic N) is 4. The van der Waals surface area contributed by atoms with Crippen molar-refractivity contribution in [1.82, 2.24) is 19.2 Å². The zero-order valence-electron chi connectivity index (χ0n) is 17.5. The summed E-state index contributed by atoms with van der Waals surface area (Å²) in [5, 5.41) is 0.751. The fourth-order valence-corrected chi connectivity index (χ4v) is 5.11. The van der Waals surface area contributed by atoms with Crippen molar-refractivity contribution in [2.75, 3.05) is 38.0 Å². The van der Waals surface area contributed by atoms with E-state index in [9.17, 15) is 22.2 Å². The van der Waals surface area contributed by atoms with Crippen molar-refractivity contribution in [2.45, 2.75) is 37.9 Å². The number of aromatic nitrogens is 2. The van der Waals surface area contributed by atoms with Crippen LogP contribution in [0.5, 0.6) is 0 Å². The average Bonchev–Trinajstić information content (AvgIpc) is 3.18. The number of nitrogens with one attached hydrogen (secondary N) is 1. The van der Waals surface area contributed by atoms with Gasteiger partial charge in [-0.15, -0.1) is 0 Å². The van der Waals surface area contributed by atoms with E-state index in [-0.39, 0.29) is 18.3 Å². The number of carbonyl (C=O) groups excluding carboxylic acids is 1. The Hall–Kier alpha value is -2.14. The van der Waals surface area contributed by atoms with E-state index in [0.29, 0.717) is 17.3 Å². The second-order valence-electron chi connectivity index (χ2n) is 8.40. The monoisotopic (exact) mass is 457 g/mol. The minimum Gasteiger partial charge on any atom is -0.349 e. The van der Waals surface area contributed by atoms with Crippen molar-refractivity contribution in [3.63, 3.8) is 0 Å². The van der Waals surface area contributed by atoms with Crippen LogP contribution in [0, 0.1) is 5.92 Å². The summed E-state index contributed by atoms with van der Waals surface area (Å²) in [4.78, 5) is 22.9. The second kappa shape index (κ2) is 8.42. The smallest absolute Gasteiger partial charge is 0.349 e. The molecule has 0 aromatic carbocycles. The SMILES string of the molecule is CN(CC1CCC(N2CN(CC(F)(F)F)C(=O)c3cnc4[nH]ccc4c32)CC1)S(C)=O. The number of rotatable bonds is 5. The average molecular weight is 458 g/mol. The van der Waals surface area contributed by atoms with Gasteiger partial charge in [0.1, 0.15) is 12.2 Å². The van der Waals surface area contributed by atoms with E-state index >= 15 is 0 Å². The van der Waals surface area contributed by atoms with Crippen LogP contribution in [0.2, 0.25) is 0 Å². The highest BCUT2D eigenvalue weighted by Crippen LogP contribution is 2.39. The van der Waals surface area contributed by atoms with Crippen LogP contribution in [0.15, 0.2) is 18.5 Å². The molecule has 1 aliphatic heterocycles. The first kappa shape index (κ1) is 22.1. The van der Waals surface area contributed by atoms with Crippen LogP contribution in [0.4, 0.5) is 18.9 Å². The molecule has 3 heterocycles. The topological polar surface area (TPSA) is 72.5 Å². The van der Waals surface area contributed by atoms with Crippen LogP contribution in [-0.2, 0) is 11.0 Å². The van der Waals surface area contributed by atoms with Gasteiger partial charge in [-0.2, -0.15) is 13.2 Å². The van der Waals surface area contributed by atoms with Gasteiger partial charge >= 0.3 is 6.18 Å². The quantitative estimate of drug-likeness (QED) is 0.749. The lowest BCUT2D eigenvalue weighted by atomic mass is 9.84. The molecule has 170 valence electrons. The number of aromatic amines is 1. The fourth-order valence-electron chi connectivity index (χ4n) is 4.69. The summed E-state index contributed by atoms with van der Waals surface area (Å²) in [5.41, 5.74) is 1.50. The zero-order valence-corrected chi connectivity index (χ0v) is 18.3. The van der Waals surface area contributed by atoms with Crippen molar-refractivity contribution in [3.8, 4) is 0 Å². The molecule has 0 bridgehead atoms. The Morgan fingerprint density at radius 2 is 2.00 bits per heavy atom. The largest absolute Gasteiger partial charge is 0.406 e. The third kappa shape index (κ3) is 4.57. The highest BCUT2D eigenvalue weighted by atomic mass is 32.2. The lowest BCUT2D eigenvalue weighted by Gasteiger charge is -2.45. The van der Waals surface area contributed by atoms with Gasteiger partial charge in [-0.25, -0.2) is 13.5 Å². The maximum absolute atomic E-state index is 13.1. The molecule has 1 fully saturated rings. The molecule has 4 rings (SSSR count). The molecule has 31 heavy (non-hydrogen) atoms. The summed E-state index contributed by atoms with van der Waals surface area (Å²) in [6.45, 7) is -0.643. The van der Waals surface area contributed by atoms with Crippen molar-refractivity contribution in [1.29, 1.82) is 0 Å². The molecule has 1 amide bonds. The first-order chi connectivity index (χ1) is 14.6. The van der Waals surface area contributed by atoms with Crippen molar-refractivity contribution in [2.24, 2.45) is 5.92 Å². The predicted molar refractivity (Wildman–Crippen MR) is 113 cm³/mol. The Kier molecular flexibility index (Phi) is 5.99. The standard InChI is InChI=1S/C20H26F3N5O2S/c1-26(31(2)30)10-13-3-5-14(6-4-13)28-12-27(11-20(21,22)23)19(29)16-9-25-18-15(17(16)28)7-8-24-18/h7-9,13-14H,3-6,10-12H2,1-2H3,(H,24,25). The summed E-state index contributed by atoms with van der Waals surface area (Å²) < 4.78 is 52.9. The minimum atomic E-state index is -4.47. The van der Waals surface area contributed by atoms with Gasteiger partial charge in [0.15, 0.2) is 0 Å². The Balaban J connectivity index is 1.61. The van der Waals surface area contributed by atoms with Gasteiger partial charge in [0, 0.05) is 36.6 Å². The normalized spacial score (nSPS) is 23.5. The third-order valence-corrected chi connectivity index (χ3v) is 7.29. The van der Waals surface area contributed by atoms with Crippen LogP contribution >= 0.6 is 0 Å². The van der Waals surface area contributed by atoms with Gasteiger partial charge in [-0.3, -0.25) is 4.79 Å². The van der Waals surface area contributed by atoms with E-state index in [2.05, 4.69) is 9.97 Å². The van der Waals surface area contributed by atoms with Gasteiger partial charge < -0.3 is 14.8 Å². The molecule has 2 aliphatic rings. The molecule has 0 spiro atoms. The molecule has 1 saturated carbocycles. The van der Waals surface area contributed by atoms with Crippen LogP contribution < -0.4 is 4.90 Å². The molecule has 1 unspecified atom stereocenters. The summed E-state index contributed by atoms with van der Waals surface area (Å²) >= 11 is 0. The summed E-state index contributed by atoms with van der Waals surface area (Å²) in [5.74, 6) is -0.244. The van der Waals surface area contributed by atoms with E-state index in [1.165, 1.54) is 6.20 Å². The molecule has 1 atom stereocenters. The third-order valence-electron chi connectivity index (χ3n) is 6.27.